The van der Waals surface area contributed by atoms with Crippen LogP contribution in [0.2, 0.25) is 0 Å². The van der Waals surface area contributed by atoms with Gasteiger partial charge in [-0.15, -0.1) is 0 Å². The van der Waals surface area contributed by atoms with E-state index in [1.807, 2.05) is 19.9 Å². The van der Waals surface area contributed by atoms with Gasteiger partial charge in [0.05, 0.1) is 0 Å². The lowest BCUT2D eigenvalue weighted by Gasteiger charge is -2.24. The normalized spacial score (nSPS) is 12.6. The smallest absolute Gasteiger partial charge is 0.125 e. The minimum atomic E-state index is -0.203. The Morgan fingerprint density at radius 3 is 2.71 bits per heavy atom. The molecule has 3 heteroatoms. The average molecular weight is 196 g/mol. The largest absolute Gasteiger partial charge is 0.370 e. The van der Waals surface area contributed by atoms with Crippen molar-refractivity contribution in [2.45, 2.75) is 19.9 Å². The number of hydrogen-bond acceptors (Lipinski definition) is 2. The van der Waals surface area contributed by atoms with E-state index >= 15 is 0 Å². The summed E-state index contributed by atoms with van der Waals surface area (Å²) in [5.74, 6) is -0.203. The highest BCUT2D eigenvalue weighted by Gasteiger charge is 2.06. The van der Waals surface area contributed by atoms with E-state index in [-0.39, 0.29) is 11.9 Å². The van der Waals surface area contributed by atoms with Gasteiger partial charge in [0, 0.05) is 24.8 Å². The van der Waals surface area contributed by atoms with Gasteiger partial charge in [0.2, 0.25) is 0 Å². The number of likely N-dealkylation sites (N-methyl/N-ethyl adjacent to an activating group) is 1. The Bertz CT molecular complexity index is 286. The third-order valence-electron chi connectivity index (χ3n) is 2.06. The molecule has 1 atom stereocenters. The number of hydrogen-bond donors (Lipinski definition) is 1. The van der Waals surface area contributed by atoms with Gasteiger partial charge in [-0.1, -0.05) is 6.07 Å². The van der Waals surface area contributed by atoms with Crippen LogP contribution in [-0.4, -0.2) is 19.1 Å². The van der Waals surface area contributed by atoms with Gasteiger partial charge in [0.1, 0.15) is 5.82 Å². The molecule has 2 nitrogen and oxygen atoms in total. The Morgan fingerprint density at radius 2 is 2.21 bits per heavy atom. The van der Waals surface area contributed by atoms with Gasteiger partial charge < -0.3 is 10.6 Å². The maximum Gasteiger partial charge on any atom is 0.125 e. The molecule has 0 saturated heterocycles. The first-order valence-corrected chi connectivity index (χ1v) is 4.89. The van der Waals surface area contributed by atoms with Crippen molar-refractivity contribution in [2.75, 3.05) is 18.0 Å². The number of rotatable bonds is 4. The second-order valence-corrected chi connectivity index (χ2v) is 3.50. The van der Waals surface area contributed by atoms with E-state index in [0.717, 1.165) is 18.8 Å². The SMILES string of the molecule is CCN(C[C@@H](C)N)c1cccc(F)c1. The van der Waals surface area contributed by atoms with Gasteiger partial charge in [-0.05, 0) is 32.0 Å². The third kappa shape index (κ3) is 3.00. The second kappa shape index (κ2) is 4.96. The molecule has 0 spiro atoms. The summed E-state index contributed by atoms with van der Waals surface area (Å²) < 4.78 is 12.9. The van der Waals surface area contributed by atoms with Crippen LogP contribution >= 0.6 is 0 Å². The van der Waals surface area contributed by atoms with Gasteiger partial charge in [-0.2, -0.15) is 0 Å². The molecule has 2 N–H and O–H groups in total. The van der Waals surface area contributed by atoms with E-state index in [1.54, 1.807) is 6.07 Å². The van der Waals surface area contributed by atoms with Crippen LogP contribution in [0.4, 0.5) is 10.1 Å². The minimum absolute atomic E-state index is 0.0956. The standard InChI is InChI=1S/C11H17FN2/c1-3-14(8-9(2)13)11-6-4-5-10(12)7-11/h4-7,9H,3,8,13H2,1-2H3/t9-/m1/s1. The minimum Gasteiger partial charge on any atom is -0.370 e. The number of anilines is 1. The number of nitrogens with two attached hydrogens (primary N) is 1. The molecule has 0 aliphatic rings. The molecule has 14 heavy (non-hydrogen) atoms. The maximum absolute atomic E-state index is 12.9. The highest BCUT2D eigenvalue weighted by molar-refractivity contribution is 5.46. The molecule has 0 radical (unpaired) electrons. The molecule has 0 unspecified atom stereocenters. The van der Waals surface area contributed by atoms with Gasteiger partial charge in [-0.3, -0.25) is 0 Å². The molecular weight excluding hydrogens is 179 g/mol. The summed E-state index contributed by atoms with van der Waals surface area (Å²) in [5, 5.41) is 0. The van der Waals surface area contributed by atoms with E-state index in [2.05, 4.69) is 4.90 Å². The van der Waals surface area contributed by atoms with Gasteiger partial charge in [0.25, 0.3) is 0 Å². The molecule has 0 aliphatic carbocycles. The first kappa shape index (κ1) is 11.0. The van der Waals surface area contributed by atoms with E-state index in [0.29, 0.717) is 0 Å². The third-order valence-corrected chi connectivity index (χ3v) is 2.06. The lowest BCUT2D eigenvalue weighted by Crippen LogP contribution is -2.35. The van der Waals surface area contributed by atoms with E-state index in [1.165, 1.54) is 12.1 Å². The summed E-state index contributed by atoms with van der Waals surface area (Å²) in [7, 11) is 0. The van der Waals surface area contributed by atoms with Crippen LogP contribution in [-0.2, 0) is 0 Å². The van der Waals surface area contributed by atoms with Crippen LogP contribution in [0.15, 0.2) is 24.3 Å². The second-order valence-electron chi connectivity index (χ2n) is 3.50. The van der Waals surface area contributed by atoms with Crippen LogP contribution < -0.4 is 10.6 Å². The van der Waals surface area contributed by atoms with Crippen molar-refractivity contribution in [1.29, 1.82) is 0 Å². The van der Waals surface area contributed by atoms with Crippen LogP contribution in [0.3, 0.4) is 0 Å². The lowest BCUT2D eigenvalue weighted by molar-refractivity contribution is 0.624. The number of nitrogens with zero attached hydrogens (tertiary/aromatic N) is 1. The van der Waals surface area contributed by atoms with Crippen LogP contribution in [0.25, 0.3) is 0 Å². The Morgan fingerprint density at radius 1 is 1.50 bits per heavy atom. The number of benzene rings is 1. The summed E-state index contributed by atoms with van der Waals surface area (Å²) in [6.45, 7) is 5.57. The molecule has 0 aromatic heterocycles. The fourth-order valence-electron chi connectivity index (χ4n) is 1.44. The molecule has 1 rings (SSSR count). The molecular formula is C11H17FN2. The van der Waals surface area contributed by atoms with E-state index < -0.39 is 0 Å². The maximum atomic E-state index is 12.9. The van der Waals surface area contributed by atoms with Crippen molar-refractivity contribution in [3.05, 3.63) is 30.1 Å². The average Bonchev–Trinajstić information content (AvgIpc) is 2.14. The van der Waals surface area contributed by atoms with E-state index in [4.69, 9.17) is 5.73 Å². The van der Waals surface area contributed by atoms with Crippen molar-refractivity contribution in [1.82, 2.24) is 0 Å². The summed E-state index contributed by atoms with van der Waals surface area (Å²) in [6, 6.07) is 6.69. The fourth-order valence-corrected chi connectivity index (χ4v) is 1.44. The van der Waals surface area contributed by atoms with Crippen molar-refractivity contribution >= 4 is 5.69 Å². The molecule has 0 saturated carbocycles. The Labute approximate surface area is 84.5 Å². The molecule has 1 aromatic carbocycles. The van der Waals surface area contributed by atoms with Crippen LogP contribution in [0.1, 0.15) is 13.8 Å². The zero-order valence-electron chi connectivity index (χ0n) is 8.70. The fraction of sp³-hybridized carbons (Fsp3) is 0.455. The Balaban J connectivity index is 2.78. The molecule has 0 aliphatic heterocycles. The summed E-state index contributed by atoms with van der Waals surface area (Å²) in [6.07, 6.45) is 0. The lowest BCUT2D eigenvalue weighted by atomic mass is 10.2. The van der Waals surface area contributed by atoms with Gasteiger partial charge in [-0.25, -0.2) is 4.39 Å². The number of halogens is 1. The molecule has 0 heterocycles. The van der Waals surface area contributed by atoms with Crippen molar-refractivity contribution in [3.63, 3.8) is 0 Å². The zero-order valence-corrected chi connectivity index (χ0v) is 8.70. The zero-order chi connectivity index (χ0) is 10.6. The molecule has 78 valence electrons. The Hall–Kier alpha value is -1.09. The molecule has 0 fully saturated rings. The molecule has 0 amide bonds. The predicted molar refractivity (Wildman–Crippen MR) is 57.9 cm³/mol. The van der Waals surface area contributed by atoms with Gasteiger partial charge >= 0.3 is 0 Å². The van der Waals surface area contributed by atoms with Crippen molar-refractivity contribution in [3.8, 4) is 0 Å². The van der Waals surface area contributed by atoms with Gasteiger partial charge in [0.15, 0.2) is 0 Å². The quantitative estimate of drug-likeness (QED) is 0.798. The summed E-state index contributed by atoms with van der Waals surface area (Å²) in [5.41, 5.74) is 6.60. The topological polar surface area (TPSA) is 29.3 Å². The highest BCUT2D eigenvalue weighted by Crippen LogP contribution is 2.15. The van der Waals surface area contributed by atoms with Crippen LogP contribution in [0, 0.1) is 5.82 Å². The highest BCUT2D eigenvalue weighted by atomic mass is 19.1. The first-order valence-electron chi connectivity index (χ1n) is 4.89. The van der Waals surface area contributed by atoms with Crippen LogP contribution in [0.5, 0.6) is 0 Å². The Kier molecular flexibility index (Phi) is 3.89. The summed E-state index contributed by atoms with van der Waals surface area (Å²) >= 11 is 0. The predicted octanol–water partition coefficient (Wildman–Crippen LogP) is 2.00. The summed E-state index contributed by atoms with van der Waals surface area (Å²) in [4.78, 5) is 2.06. The first-order chi connectivity index (χ1) is 6.63. The van der Waals surface area contributed by atoms with Crippen molar-refractivity contribution < 1.29 is 4.39 Å². The molecule has 1 aromatic rings. The van der Waals surface area contributed by atoms with Crippen molar-refractivity contribution in [2.24, 2.45) is 5.73 Å². The van der Waals surface area contributed by atoms with E-state index in [9.17, 15) is 4.39 Å². The monoisotopic (exact) mass is 196 g/mol. The molecule has 0 bridgehead atoms.